The van der Waals surface area contributed by atoms with E-state index in [-0.39, 0.29) is 0 Å². The Morgan fingerprint density at radius 1 is 1.33 bits per heavy atom. The molecule has 0 bridgehead atoms. The number of amides is 1. The second-order valence-corrected chi connectivity index (χ2v) is 2.93. The molecular formula is C9H20N2O. The minimum atomic E-state index is 0.513. The molecule has 1 amide bonds. The largest absolute Gasteiger partial charge is 0.342 e. The smallest absolute Gasteiger partial charge is 0.209 e. The molecule has 72 valence electrons. The Kier molecular flexibility index (Phi) is 5.72. The molecule has 1 rings (SSSR count). The molecular weight excluding hydrogens is 152 g/mol. The molecule has 0 aromatic carbocycles. The van der Waals surface area contributed by atoms with E-state index in [1.807, 2.05) is 18.7 Å². The molecule has 3 nitrogen and oxygen atoms in total. The van der Waals surface area contributed by atoms with E-state index in [2.05, 4.69) is 18.9 Å². The van der Waals surface area contributed by atoms with Gasteiger partial charge in [0.25, 0.3) is 0 Å². The van der Waals surface area contributed by atoms with Gasteiger partial charge in [0.15, 0.2) is 0 Å². The minimum absolute atomic E-state index is 0.513. The lowest BCUT2D eigenvalue weighted by Crippen LogP contribution is -2.49. The lowest BCUT2D eigenvalue weighted by Gasteiger charge is -2.35. The number of likely N-dealkylation sites (N-methyl/N-ethyl adjacent to an activating group) is 1. The van der Waals surface area contributed by atoms with Gasteiger partial charge in [-0.1, -0.05) is 13.8 Å². The van der Waals surface area contributed by atoms with Gasteiger partial charge in [-0.15, -0.1) is 0 Å². The zero-order valence-corrected chi connectivity index (χ0v) is 8.58. The third-order valence-corrected chi connectivity index (χ3v) is 2.14. The van der Waals surface area contributed by atoms with E-state index in [0.29, 0.717) is 6.04 Å². The Labute approximate surface area is 75.3 Å². The molecule has 0 radical (unpaired) electrons. The van der Waals surface area contributed by atoms with Gasteiger partial charge >= 0.3 is 0 Å². The molecule has 1 fully saturated rings. The van der Waals surface area contributed by atoms with E-state index in [9.17, 15) is 4.79 Å². The Morgan fingerprint density at radius 2 is 1.92 bits per heavy atom. The van der Waals surface area contributed by atoms with Crippen molar-refractivity contribution < 1.29 is 4.79 Å². The minimum Gasteiger partial charge on any atom is -0.342 e. The van der Waals surface area contributed by atoms with Gasteiger partial charge in [-0.3, -0.25) is 4.79 Å². The van der Waals surface area contributed by atoms with Crippen LogP contribution in [0.25, 0.3) is 0 Å². The number of piperazine rings is 1. The summed E-state index contributed by atoms with van der Waals surface area (Å²) in [6.07, 6.45) is 0.934. The molecule has 0 spiro atoms. The molecule has 0 N–H and O–H groups in total. The van der Waals surface area contributed by atoms with Crippen LogP contribution in [0.15, 0.2) is 0 Å². The van der Waals surface area contributed by atoms with Crippen molar-refractivity contribution in [3.63, 3.8) is 0 Å². The molecule has 0 aromatic heterocycles. The van der Waals surface area contributed by atoms with Crippen LogP contribution in [-0.2, 0) is 4.79 Å². The standard InChI is InChI=1S/C7H14N2O.C2H6/c1-7-5-9(6-10)4-3-8(7)2;1-2/h6-7H,3-5H2,1-2H3;1-2H3. The second kappa shape index (κ2) is 6.00. The van der Waals surface area contributed by atoms with Crippen LogP contribution in [0.5, 0.6) is 0 Å². The highest BCUT2D eigenvalue weighted by Gasteiger charge is 2.18. The van der Waals surface area contributed by atoms with E-state index in [0.717, 1.165) is 26.0 Å². The van der Waals surface area contributed by atoms with Crippen molar-refractivity contribution in [2.75, 3.05) is 26.7 Å². The molecule has 3 heteroatoms. The van der Waals surface area contributed by atoms with E-state index >= 15 is 0 Å². The van der Waals surface area contributed by atoms with Crippen LogP contribution in [0.1, 0.15) is 20.8 Å². The van der Waals surface area contributed by atoms with E-state index in [1.54, 1.807) is 0 Å². The first kappa shape index (κ1) is 11.4. The lowest BCUT2D eigenvalue weighted by molar-refractivity contribution is -0.120. The number of carbonyl (C=O) groups excluding carboxylic acids is 1. The number of carbonyl (C=O) groups is 1. The quantitative estimate of drug-likeness (QED) is 0.546. The fourth-order valence-electron chi connectivity index (χ4n) is 1.17. The van der Waals surface area contributed by atoms with Crippen LogP contribution in [-0.4, -0.2) is 48.9 Å². The highest BCUT2D eigenvalue weighted by Crippen LogP contribution is 2.03. The summed E-state index contributed by atoms with van der Waals surface area (Å²) in [6.45, 7) is 8.89. The SMILES string of the molecule is CC.CC1CN(C=O)CCN1C. The molecule has 1 unspecified atom stereocenters. The van der Waals surface area contributed by atoms with Crippen LogP contribution >= 0.6 is 0 Å². The molecule has 1 saturated heterocycles. The number of rotatable bonds is 1. The Hall–Kier alpha value is -0.570. The maximum absolute atomic E-state index is 10.3. The molecule has 1 aliphatic rings. The summed E-state index contributed by atoms with van der Waals surface area (Å²) in [5, 5.41) is 0. The predicted molar refractivity (Wildman–Crippen MR) is 51.1 cm³/mol. The Balaban J connectivity index is 0.000000561. The Bertz CT molecular complexity index is 128. The maximum Gasteiger partial charge on any atom is 0.209 e. The average molecular weight is 172 g/mol. The Morgan fingerprint density at radius 3 is 2.33 bits per heavy atom. The van der Waals surface area contributed by atoms with Crippen LogP contribution in [0.4, 0.5) is 0 Å². The first-order valence-corrected chi connectivity index (χ1v) is 4.63. The highest BCUT2D eigenvalue weighted by atomic mass is 16.1. The van der Waals surface area contributed by atoms with E-state index < -0.39 is 0 Å². The zero-order valence-electron chi connectivity index (χ0n) is 8.58. The van der Waals surface area contributed by atoms with Crippen molar-refractivity contribution in [2.45, 2.75) is 26.8 Å². The molecule has 0 aromatic rings. The van der Waals surface area contributed by atoms with Gasteiger partial charge in [0.1, 0.15) is 0 Å². The summed E-state index contributed by atoms with van der Waals surface area (Å²) in [7, 11) is 2.09. The highest BCUT2D eigenvalue weighted by molar-refractivity contribution is 5.47. The van der Waals surface area contributed by atoms with Crippen molar-refractivity contribution in [2.24, 2.45) is 0 Å². The third-order valence-electron chi connectivity index (χ3n) is 2.14. The molecule has 1 heterocycles. The molecule has 0 saturated carbocycles. The maximum atomic E-state index is 10.3. The number of nitrogens with zero attached hydrogens (tertiary/aromatic N) is 2. The van der Waals surface area contributed by atoms with Gasteiger partial charge in [-0.2, -0.15) is 0 Å². The van der Waals surface area contributed by atoms with Crippen LogP contribution < -0.4 is 0 Å². The predicted octanol–water partition coefficient (Wildman–Crippen LogP) is 0.805. The fourth-order valence-corrected chi connectivity index (χ4v) is 1.17. The van der Waals surface area contributed by atoms with Crippen molar-refractivity contribution >= 4 is 6.41 Å². The van der Waals surface area contributed by atoms with Gasteiger partial charge < -0.3 is 9.80 Å². The van der Waals surface area contributed by atoms with Crippen molar-refractivity contribution in [3.8, 4) is 0 Å². The topological polar surface area (TPSA) is 23.6 Å². The summed E-state index contributed by atoms with van der Waals surface area (Å²) >= 11 is 0. The van der Waals surface area contributed by atoms with E-state index in [4.69, 9.17) is 0 Å². The van der Waals surface area contributed by atoms with E-state index in [1.165, 1.54) is 0 Å². The van der Waals surface area contributed by atoms with Gasteiger partial charge in [-0.05, 0) is 14.0 Å². The van der Waals surface area contributed by atoms with Crippen LogP contribution in [0.2, 0.25) is 0 Å². The molecule has 1 aliphatic heterocycles. The normalized spacial score (nSPS) is 24.3. The molecule has 1 atom stereocenters. The van der Waals surface area contributed by atoms with Crippen molar-refractivity contribution in [1.29, 1.82) is 0 Å². The summed E-state index contributed by atoms with van der Waals surface area (Å²) in [5.74, 6) is 0. The first-order chi connectivity index (χ1) is 5.74. The molecule has 12 heavy (non-hydrogen) atoms. The van der Waals surface area contributed by atoms with Crippen molar-refractivity contribution in [1.82, 2.24) is 9.80 Å². The molecule has 0 aliphatic carbocycles. The zero-order chi connectivity index (χ0) is 9.56. The van der Waals surface area contributed by atoms with Gasteiger partial charge in [0.2, 0.25) is 6.41 Å². The van der Waals surface area contributed by atoms with Crippen LogP contribution in [0.3, 0.4) is 0 Å². The monoisotopic (exact) mass is 172 g/mol. The van der Waals surface area contributed by atoms with Crippen molar-refractivity contribution in [3.05, 3.63) is 0 Å². The number of hydrogen-bond acceptors (Lipinski definition) is 2. The first-order valence-electron chi connectivity index (χ1n) is 4.63. The fraction of sp³-hybridized carbons (Fsp3) is 0.889. The summed E-state index contributed by atoms with van der Waals surface area (Å²) in [5.41, 5.74) is 0. The van der Waals surface area contributed by atoms with Gasteiger partial charge in [0, 0.05) is 25.7 Å². The summed E-state index contributed by atoms with van der Waals surface area (Å²) in [4.78, 5) is 14.4. The summed E-state index contributed by atoms with van der Waals surface area (Å²) < 4.78 is 0. The lowest BCUT2D eigenvalue weighted by atomic mass is 10.2. The average Bonchev–Trinajstić information content (AvgIpc) is 2.13. The third kappa shape index (κ3) is 3.22. The van der Waals surface area contributed by atoms with Crippen LogP contribution in [0, 0.1) is 0 Å². The summed E-state index contributed by atoms with van der Waals surface area (Å²) in [6, 6.07) is 0.513. The van der Waals surface area contributed by atoms with Gasteiger partial charge in [-0.25, -0.2) is 0 Å². The van der Waals surface area contributed by atoms with Gasteiger partial charge in [0.05, 0.1) is 0 Å². The number of hydrogen-bond donors (Lipinski definition) is 0. The second-order valence-electron chi connectivity index (χ2n) is 2.93.